The van der Waals surface area contributed by atoms with E-state index in [1.54, 1.807) is 90.1 Å². The molecule has 0 saturated carbocycles. The third-order valence-corrected chi connectivity index (χ3v) is 10.2. The van der Waals surface area contributed by atoms with Gasteiger partial charge in [0, 0.05) is 35.0 Å². The number of fused-ring (bicyclic) bond motifs is 6. The second-order valence-corrected chi connectivity index (χ2v) is 16.7. The van der Waals surface area contributed by atoms with Crippen molar-refractivity contribution < 1.29 is 57.9 Å². The fraction of sp³-hybridized carbons (Fsp3) is 0.500. The number of esters is 2. The average Bonchev–Trinajstić information content (AvgIpc) is 3.57. The van der Waals surface area contributed by atoms with Crippen LogP contribution in [0.4, 0.5) is 0 Å². The minimum atomic E-state index is -0.982. The van der Waals surface area contributed by atoms with Gasteiger partial charge < -0.3 is 39.0 Å². The zero-order valence-electron chi connectivity index (χ0n) is 34.1. The fourth-order valence-corrected chi connectivity index (χ4v) is 7.21. The molecule has 5 rings (SSSR count). The number of amides is 2. The number of hydrogen-bond donors (Lipinski definition) is 2. The number of cyclic esters (lactones) is 2. The largest absolute Gasteiger partial charge is 0.503 e. The van der Waals surface area contributed by atoms with E-state index in [1.807, 2.05) is 0 Å². The number of Topliss-reactive ketones (excluding diaryl/α,β-unsaturated/α-hetero) is 2. The molecule has 2 aromatic rings. The predicted octanol–water partition coefficient (Wildman–Crippen LogP) is 6.21. The molecular weight excluding hydrogens is 748 g/mol. The number of aliphatic hydroxyl groups excluding tert-OH is 2. The number of rotatable bonds is 2. The van der Waals surface area contributed by atoms with Gasteiger partial charge in [-0.1, -0.05) is 77.9 Å². The van der Waals surface area contributed by atoms with E-state index < -0.39 is 83.0 Å². The molecule has 58 heavy (non-hydrogen) atoms. The highest BCUT2D eigenvalue weighted by Gasteiger charge is 2.48. The highest BCUT2D eigenvalue weighted by molar-refractivity contribution is 6.11. The molecule has 2 atom stereocenters. The van der Waals surface area contributed by atoms with E-state index in [2.05, 4.69) is 0 Å². The molecule has 0 fully saturated rings. The van der Waals surface area contributed by atoms with Crippen molar-refractivity contribution in [1.82, 2.24) is 9.80 Å². The van der Waals surface area contributed by atoms with Crippen molar-refractivity contribution in [2.24, 2.45) is 10.8 Å². The second kappa shape index (κ2) is 18.3. The minimum absolute atomic E-state index is 0.0511. The Kier molecular flexibility index (Phi) is 13.7. The van der Waals surface area contributed by atoms with Gasteiger partial charge >= 0.3 is 11.9 Å². The third-order valence-electron chi connectivity index (χ3n) is 10.2. The van der Waals surface area contributed by atoms with E-state index in [0.29, 0.717) is 49.7 Å². The average molecular weight is 803 g/mol. The topological polar surface area (TPSA) is 186 Å². The Labute approximate surface area is 338 Å². The van der Waals surface area contributed by atoms with Gasteiger partial charge in [0.05, 0.1) is 36.4 Å². The van der Waals surface area contributed by atoms with Crippen LogP contribution in [0.1, 0.15) is 103 Å². The van der Waals surface area contributed by atoms with Crippen LogP contribution in [0.5, 0.6) is 11.5 Å². The molecule has 2 N–H and O–H groups in total. The summed E-state index contributed by atoms with van der Waals surface area (Å²) in [6.07, 6.45) is 2.79. The number of hydrogen-bond acceptors (Lipinski definition) is 12. The van der Waals surface area contributed by atoms with Gasteiger partial charge in [-0.05, 0) is 50.7 Å². The maximum Gasteiger partial charge on any atom is 0.344 e. The molecular formula is C44H54N2O12. The number of nitrogens with zero attached hydrogens (tertiary/aromatic N) is 2. The van der Waals surface area contributed by atoms with E-state index >= 15 is 0 Å². The summed E-state index contributed by atoms with van der Waals surface area (Å²) in [5, 5.41) is 22.2. The first-order chi connectivity index (χ1) is 27.4. The van der Waals surface area contributed by atoms with E-state index in [-0.39, 0.29) is 48.9 Å². The van der Waals surface area contributed by atoms with Crippen LogP contribution in [0.3, 0.4) is 0 Å². The summed E-state index contributed by atoms with van der Waals surface area (Å²) in [5.41, 5.74) is -1.12. The van der Waals surface area contributed by atoms with E-state index in [9.17, 15) is 39.0 Å². The van der Waals surface area contributed by atoms with Crippen molar-refractivity contribution in [2.45, 2.75) is 92.2 Å². The highest BCUT2D eigenvalue weighted by Crippen LogP contribution is 2.45. The summed E-state index contributed by atoms with van der Waals surface area (Å²) in [4.78, 5) is 83.1. The quantitative estimate of drug-likeness (QED) is 0.328. The molecule has 312 valence electrons. The van der Waals surface area contributed by atoms with Crippen LogP contribution in [-0.4, -0.2) is 94.8 Å². The molecule has 3 heterocycles. The Morgan fingerprint density at radius 1 is 0.552 bits per heavy atom. The Morgan fingerprint density at radius 2 is 0.914 bits per heavy atom. The van der Waals surface area contributed by atoms with Gasteiger partial charge in [0.15, 0.2) is 36.3 Å². The van der Waals surface area contributed by atoms with Crippen LogP contribution < -0.4 is 9.47 Å². The van der Waals surface area contributed by atoms with Gasteiger partial charge in [-0.15, -0.1) is 0 Å². The Hall–Kier alpha value is -5.66. The molecule has 2 unspecified atom stereocenters. The summed E-state index contributed by atoms with van der Waals surface area (Å²) in [6.45, 7) is 9.69. The van der Waals surface area contributed by atoms with Crippen LogP contribution >= 0.6 is 0 Å². The van der Waals surface area contributed by atoms with Crippen LogP contribution in [0.2, 0.25) is 0 Å². The van der Waals surface area contributed by atoms with Crippen molar-refractivity contribution in [3.8, 4) is 11.5 Å². The second-order valence-electron chi connectivity index (χ2n) is 16.7. The molecule has 3 aliphatic rings. The fourth-order valence-electron chi connectivity index (χ4n) is 7.21. The Morgan fingerprint density at radius 3 is 1.28 bits per heavy atom. The summed E-state index contributed by atoms with van der Waals surface area (Å²) in [6, 6.07) is 11.4. The lowest BCUT2D eigenvalue weighted by molar-refractivity contribution is -0.147. The maximum atomic E-state index is 13.7. The number of benzene rings is 2. The number of carbonyl (C=O) groups is 6. The zero-order chi connectivity index (χ0) is 42.4. The summed E-state index contributed by atoms with van der Waals surface area (Å²) < 4.78 is 22.8. The normalized spacial score (nSPS) is 21.2. The van der Waals surface area contributed by atoms with E-state index in [0.717, 1.165) is 0 Å². The summed E-state index contributed by atoms with van der Waals surface area (Å²) in [5.74, 6) is -4.30. The van der Waals surface area contributed by atoms with Crippen LogP contribution in [0.25, 0.3) is 0 Å². The van der Waals surface area contributed by atoms with Crippen molar-refractivity contribution in [2.75, 3.05) is 39.5 Å². The smallest absolute Gasteiger partial charge is 0.344 e. The van der Waals surface area contributed by atoms with Crippen LogP contribution in [-0.2, 0) is 38.2 Å². The van der Waals surface area contributed by atoms with E-state index in [4.69, 9.17) is 18.9 Å². The van der Waals surface area contributed by atoms with Gasteiger partial charge in [-0.2, -0.15) is 0 Å². The first-order valence-corrected chi connectivity index (χ1v) is 19.8. The minimum Gasteiger partial charge on any atom is -0.503 e. The number of ketones is 2. The van der Waals surface area contributed by atoms with Crippen molar-refractivity contribution >= 4 is 35.3 Å². The van der Waals surface area contributed by atoms with Crippen LogP contribution in [0, 0.1) is 10.8 Å². The maximum absolute atomic E-state index is 13.7. The summed E-state index contributed by atoms with van der Waals surface area (Å²) in [7, 11) is 0. The van der Waals surface area contributed by atoms with Gasteiger partial charge in [-0.3, -0.25) is 19.2 Å². The molecule has 3 aliphatic heterocycles. The first kappa shape index (κ1) is 43.5. The lowest BCUT2D eigenvalue weighted by atomic mass is 9.82. The predicted molar refractivity (Wildman–Crippen MR) is 211 cm³/mol. The lowest BCUT2D eigenvalue weighted by Crippen LogP contribution is -2.34. The van der Waals surface area contributed by atoms with Crippen molar-refractivity contribution in [1.29, 1.82) is 0 Å². The Balaban J connectivity index is 1.38. The molecule has 0 aromatic heterocycles. The molecule has 0 bridgehead atoms. The van der Waals surface area contributed by atoms with Gasteiger partial charge in [0.2, 0.25) is 0 Å². The number of carbonyl (C=O) groups excluding carboxylic acids is 6. The molecule has 0 saturated heterocycles. The molecule has 0 radical (unpaired) electrons. The standard InChI is InChI=1S/C44H54N2O12/c1-43(2,3)39(51)33-35-27-17-9-11-19-29(27)57-25-31(47)55-24-16-8-14-22-46-36(34(38(50)42(46)54)40(52)44(4,5)6)28-18-10-12-20-30(28)58-26-32(48)56-23-15-7-13-21-45(35)41(53)37(33)49/h9-12,17-20,35-36,49-50H,7-8,13-16,21-26H2,1-6H3. The molecule has 2 aromatic carbocycles. The number of aliphatic hydroxyl groups is 2. The summed E-state index contributed by atoms with van der Waals surface area (Å²) >= 11 is 0. The Bertz CT molecular complexity index is 1840. The van der Waals surface area contributed by atoms with Gasteiger partial charge in [0.1, 0.15) is 11.5 Å². The number of ether oxygens (including phenoxy) is 4. The molecule has 14 heteroatoms. The third kappa shape index (κ3) is 9.71. The molecule has 0 aliphatic carbocycles. The van der Waals surface area contributed by atoms with Gasteiger partial charge in [-0.25, -0.2) is 9.59 Å². The van der Waals surface area contributed by atoms with Gasteiger partial charge in [0.25, 0.3) is 11.8 Å². The van der Waals surface area contributed by atoms with E-state index in [1.165, 1.54) is 9.80 Å². The monoisotopic (exact) mass is 802 g/mol. The van der Waals surface area contributed by atoms with Crippen molar-refractivity contribution in [3.05, 3.63) is 82.3 Å². The zero-order valence-corrected chi connectivity index (χ0v) is 34.1. The van der Waals surface area contributed by atoms with Crippen molar-refractivity contribution in [3.63, 3.8) is 0 Å². The number of para-hydroxylation sites is 2. The first-order valence-electron chi connectivity index (χ1n) is 19.8. The highest BCUT2D eigenvalue weighted by atomic mass is 16.6. The lowest BCUT2D eigenvalue weighted by Gasteiger charge is -2.30. The molecule has 0 spiro atoms. The SMILES string of the molecule is CC(C)(C)C(=O)C1=C(O)C(=O)N2CCCCCOC(=O)COc3ccccc3C3C(C(=O)C(C)(C)C)=C(O)C(=O)N3CCCCCOC(=O)COc3ccccc3C12. The van der Waals surface area contributed by atoms with Crippen LogP contribution in [0.15, 0.2) is 71.2 Å². The molecule has 14 nitrogen and oxygen atoms in total. The molecule has 2 amide bonds.